The number of hydrogen-bond donors (Lipinski definition) is 2. The third kappa shape index (κ3) is 3.38. The maximum Gasteiger partial charge on any atom is 0.223 e. The van der Waals surface area contributed by atoms with E-state index in [4.69, 9.17) is 0 Å². The van der Waals surface area contributed by atoms with E-state index in [1.54, 1.807) is 12.3 Å². The van der Waals surface area contributed by atoms with Crippen molar-refractivity contribution >= 4 is 17.0 Å². The van der Waals surface area contributed by atoms with Crippen LogP contribution < -0.4 is 5.32 Å². The second-order valence-corrected chi connectivity index (χ2v) is 6.46. The average molecular weight is 365 g/mol. The van der Waals surface area contributed by atoms with Crippen LogP contribution in [0.15, 0.2) is 30.5 Å². The fourth-order valence-electron chi connectivity index (χ4n) is 3.17. The Hall–Kier alpha value is -3.29. The Morgan fingerprint density at radius 2 is 2.04 bits per heavy atom. The summed E-state index contributed by atoms with van der Waals surface area (Å²) in [5, 5.41) is 7.66. The van der Waals surface area contributed by atoms with Crippen molar-refractivity contribution in [2.45, 2.75) is 20.3 Å². The molecule has 2 N–H and O–H groups in total. The monoisotopic (exact) mass is 365 g/mol. The van der Waals surface area contributed by atoms with Gasteiger partial charge < -0.3 is 10.3 Å². The van der Waals surface area contributed by atoms with Gasteiger partial charge in [0.05, 0.1) is 22.4 Å². The molecule has 7 nitrogen and oxygen atoms in total. The van der Waals surface area contributed by atoms with Gasteiger partial charge in [-0.25, -0.2) is 19.3 Å². The van der Waals surface area contributed by atoms with Gasteiger partial charge in [-0.2, -0.15) is 5.10 Å². The lowest BCUT2D eigenvalue weighted by molar-refractivity contribution is 0.629. The molecule has 0 aliphatic rings. The first-order valence-corrected chi connectivity index (χ1v) is 8.73. The largest absolute Gasteiger partial charge is 0.354 e. The molecule has 4 aromatic rings. The minimum atomic E-state index is -0.276. The van der Waals surface area contributed by atoms with Crippen LogP contribution >= 0.6 is 0 Å². The molecule has 0 aliphatic heterocycles. The Kier molecular flexibility index (Phi) is 4.31. The van der Waals surface area contributed by atoms with Gasteiger partial charge in [-0.15, -0.1) is 0 Å². The van der Waals surface area contributed by atoms with Crippen molar-refractivity contribution in [2.24, 2.45) is 7.05 Å². The second kappa shape index (κ2) is 6.79. The highest BCUT2D eigenvalue weighted by molar-refractivity contribution is 5.74. The minimum Gasteiger partial charge on any atom is -0.354 e. The van der Waals surface area contributed by atoms with E-state index in [9.17, 15) is 4.39 Å². The lowest BCUT2D eigenvalue weighted by atomic mass is 10.1. The molecule has 138 valence electrons. The number of imidazole rings is 1. The predicted octanol–water partition coefficient (Wildman–Crippen LogP) is 3.16. The zero-order chi connectivity index (χ0) is 19.0. The summed E-state index contributed by atoms with van der Waals surface area (Å²) in [5.41, 5.74) is 5.33. The lowest BCUT2D eigenvalue weighted by Crippen LogP contribution is -2.09. The molecule has 0 radical (unpaired) electrons. The first-order chi connectivity index (χ1) is 13.0. The van der Waals surface area contributed by atoms with E-state index in [-0.39, 0.29) is 5.82 Å². The molecule has 1 aromatic carbocycles. The molecular weight excluding hydrogens is 345 g/mol. The minimum absolute atomic E-state index is 0.276. The fraction of sp³-hybridized carbons (Fsp3) is 0.263. The van der Waals surface area contributed by atoms with E-state index in [1.807, 2.05) is 31.6 Å². The quantitative estimate of drug-likeness (QED) is 0.567. The van der Waals surface area contributed by atoms with Gasteiger partial charge in [-0.1, -0.05) is 0 Å². The maximum absolute atomic E-state index is 13.3. The third-order valence-corrected chi connectivity index (χ3v) is 4.56. The highest BCUT2D eigenvalue weighted by Gasteiger charge is 2.13. The zero-order valence-corrected chi connectivity index (χ0v) is 15.4. The predicted molar refractivity (Wildman–Crippen MR) is 102 cm³/mol. The van der Waals surface area contributed by atoms with Crippen LogP contribution in [-0.2, 0) is 13.5 Å². The van der Waals surface area contributed by atoms with Crippen molar-refractivity contribution in [2.75, 3.05) is 11.9 Å². The molecule has 3 heterocycles. The normalized spacial score (nSPS) is 11.3. The van der Waals surface area contributed by atoms with E-state index >= 15 is 0 Å². The molecule has 0 amide bonds. The van der Waals surface area contributed by atoms with Crippen LogP contribution in [0.1, 0.15) is 17.2 Å². The summed E-state index contributed by atoms with van der Waals surface area (Å²) in [4.78, 5) is 16.5. The number of benzene rings is 1. The van der Waals surface area contributed by atoms with E-state index in [0.29, 0.717) is 24.4 Å². The summed E-state index contributed by atoms with van der Waals surface area (Å²) in [7, 11) is 1.92. The topological polar surface area (TPSA) is 84.3 Å². The molecule has 0 spiro atoms. The van der Waals surface area contributed by atoms with Crippen LogP contribution in [0.3, 0.4) is 0 Å². The van der Waals surface area contributed by atoms with Crippen molar-refractivity contribution in [3.8, 4) is 11.3 Å². The van der Waals surface area contributed by atoms with Crippen molar-refractivity contribution in [1.82, 2.24) is 29.7 Å². The molecule has 4 rings (SSSR count). The van der Waals surface area contributed by atoms with Gasteiger partial charge >= 0.3 is 0 Å². The van der Waals surface area contributed by atoms with Crippen molar-refractivity contribution in [1.29, 1.82) is 0 Å². The maximum atomic E-state index is 13.3. The number of fused-ring (bicyclic) bond motifs is 1. The van der Waals surface area contributed by atoms with E-state index in [1.165, 1.54) is 12.1 Å². The number of hydrogen-bond acceptors (Lipinski definition) is 5. The Morgan fingerprint density at radius 1 is 1.19 bits per heavy atom. The van der Waals surface area contributed by atoms with Gasteiger partial charge in [0.1, 0.15) is 11.6 Å². The van der Waals surface area contributed by atoms with Gasteiger partial charge in [0.15, 0.2) is 0 Å². The van der Waals surface area contributed by atoms with E-state index in [2.05, 4.69) is 30.4 Å². The summed E-state index contributed by atoms with van der Waals surface area (Å²) in [5.74, 6) is 1.07. The SMILES string of the molecule is Cc1nn(C)c(C)c1-c1ccnc(NCCc2nc3ccc(F)cc3[nH]2)n1. The van der Waals surface area contributed by atoms with Crippen LogP contribution in [0.25, 0.3) is 22.3 Å². The van der Waals surface area contributed by atoms with Crippen molar-refractivity contribution in [3.63, 3.8) is 0 Å². The molecule has 0 saturated carbocycles. The standard InChI is InChI=1S/C19H20FN7/c1-11-18(12(2)27(3)26-11)15-6-8-21-19(25-15)22-9-7-17-23-14-5-4-13(20)10-16(14)24-17/h4-6,8,10H,7,9H2,1-3H3,(H,23,24)(H,21,22,25). The smallest absolute Gasteiger partial charge is 0.223 e. The first-order valence-electron chi connectivity index (χ1n) is 8.73. The first kappa shape index (κ1) is 17.1. The molecule has 0 bridgehead atoms. The van der Waals surface area contributed by atoms with Crippen LogP contribution in [0.5, 0.6) is 0 Å². The fourth-order valence-corrected chi connectivity index (χ4v) is 3.17. The van der Waals surface area contributed by atoms with Gasteiger partial charge in [0.2, 0.25) is 5.95 Å². The Bertz CT molecular complexity index is 1110. The molecule has 3 aromatic heterocycles. The Balaban J connectivity index is 1.47. The van der Waals surface area contributed by atoms with E-state index in [0.717, 1.165) is 34.0 Å². The summed E-state index contributed by atoms with van der Waals surface area (Å²) in [6.07, 6.45) is 2.38. The number of aryl methyl sites for hydroxylation is 2. The number of anilines is 1. The summed E-state index contributed by atoms with van der Waals surface area (Å²) in [6.45, 7) is 4.60. The summed E-state index contributed by atoms with van der Waals surface area (Å²) < 4.78 is 15.1. The molecule has 0 unspecified atom stereocenters. The zero-order valence-electron chi connectivity index (χ0n) is 15.4. The van der Waals surface area contributed by atoms with Crippen LogP contribution in [0.4, 0.5) is 10.3 Å². The van der Waals surface area contributed by atoms with Gasteiger partial charge in [0.25, 0.3) is 0 Å². The van der Waals surface area contributed by atoms with Crippen molar-refractivity contribution < 1.29 is 4.39 Å². The number of nitrogens with zero attached hydrogens (tertiary/aromatic N) is 5. The number of aromatic nitrogens is 6. The van der Waals surface area contributed by atoms with Gasteiger partial charge in [-0.3, -0.25) is 4.68 Å². The highest BCUT2D eigenvalue weighted by atomic mass is 19.1. The lowest BCUT2D eigenvalue weighted by Gasteiger charge is -2.06. The van der Waals surface area contributed by atoms with Crippen LogP contribution in [0.2, 0.25) is 0 Å². The van der Waals surface area contributed by atoms with Gasteiger partial charge in [0, 0.05) is 37.5 Å². The molecule has 8 heteroatoms. The van der Waals surface area contributed by atoms with Gasteiger partial charge in [-0.05, 0) is 38.1 Å². The summed E-state index contributed by atoms with van der Waals surface area (Å²) >= 11 is 0. The molecule has 0 fully saturated rings. The number of halogens is 1. The third-order valence-electron chi connectivity index (χ3n) is 4.56. The van der Waals surface area contributed by atoms with Crippen molar-refractivity contribution in [3.05, 3.63) is 53.5 Å². The number of rotatable bonds is 5. The number of aromatic amines is 1. The summed E-state index contributed by atoms with van der Waals surface area (Å²) in [6, 6.07) is 6.41. The average Bonchev–Trinajstić information content (AvgIpc) is 3.14. The highest BCUT2D eigenvalue weighted by Crippen LogP contribution is 2.25. The Labute approximate surface area is 155 Å². The molecule has 0 atom stereocenters. The van der Waals surface area contributed by atoms with Crippen LogP contribution in [-0.4, -0.2) is 36.3 Å². The van der Waals surface area contributed by atoms with E-state index < -0.39 is 0 Å². The molecule has 0 aliphatic carbocycles. The molecule has 0 saturated heterocycles. The molecule has 27 heavy (non-hydrogen) atoms. The van der Waals surface area contributed by atoms with Crippen LogP contribution in [0, 0.1) is 19.7 Å². The molecular formula is C19H20FN7. The second-order valence-electron chi connectivity index (χ2n) is 6.46. The Morgan fingerprint density at radius 3 is 2.81 bits per heavy atom. The number of H-pyrrole nitrogens is 1. The number of nitrogens with one attached hydrogen (secondary N) is 2.